The molecule has 0 radical (unpaired) electrons. The first-order valence-corrected chi connectivity index (χ1v) is 4.90. The van der Waals surface area contributed by atoms with Gasteiger partial charge in [-0.25, -0.2) is 0 Å². The molecule has 1 rings (SSSR count). The number of ketones is 1. The topological polar surface area (TPSA) is 65.2 Å². The number of anilines is 1. The summed E-state index contributed by atoms with van der Waals surface area (Å²) in [7, 11) is 1.62. The molecule has 0 fully saturated rings. The number of carbonyl (C=O) groups excluding carboxylic acids is 1. The van der Waals surface area contributed by atoms with E-state index in [1.807, 2.05) is 6.92 Å². The third-order valence-corrected chi connectivity index (χ3v) is 2.27. The highest BCUT2D eigenvalue weighted by Crippen LogP contribution is 2.15. The lowest BCUT2D eigenvalue weighted by Gasteiger charge is -2.10. The number of nitrogens with zero attached hydrogens (tertiary/aromatic N) is 1. The van der Waals surface area contributed by atoms with Gasteiger partial charge in [-0.15, -0.1) is 0 Å². The molecule has 4 nitrogen and oxygen atoms in total. The molecule has 0 saturated carbocycles. The quantitative estimate of drug-likeness (QED) is 0.745. The fourth-order valence-corrected chi connectivity index (χ4v) is 1.28. The summed E-state index contributed by atoms with van der Waals surface area (Å²) in [5.41, 5.74) is 6.47. The smallest absolute Gasteiger partial charge is 0.186 e. The Labute approximate surface area is 89.5 Å². The van der Waals surface area contributed by atoms with Crippen LogP contribution in [0.5, 0.6) is 0 Å². The van der Waals surface area contributed by atoms with Crippen LogP contribution in [0.3, 0.4) is 0 Å². The van der Waals surface area contributed by atoms with Gasteiger partial charge in [-0.3, -0.25) is 9.78 Å². The molecule has 0 aromatic carbocycles. The Morgan fingerprint density at radius 1 is 1.67 bits per heavy atom. The number of hydrogen-bond acceptors (Lipinski definition) is 4. The van der Waals surface area contributed by atoms with Gasteiger partial charge in [0.05, 0.1) is 5.69 Å². The van der Waals surface area contributed by atoms with Gasteiger partial charge in [0.25, 0.3) is 0 Å². The van der Waals surface area contributed by atoms with Crippen LogP contribution in [0.2, 0.25) is 0 Å². The van der Waals surface area contributed by atoms with Crippen molar-refractivity contribution in [3.63, 3.8) is 0 Å². The molecule has 1 aromatic heterocycles. The van der Waals surface area contributed by atoms with Crippen molar-refractivity contribution in [2.45, 2.75) is 13.3 Å². The molecule has 0 aliphatic rings. The van der Waals surface area contributed by atoms with E-state index in [2.05, 4.69) is 4.98 Å². The largest absolute Gasteiger partial charge is 0.397 e. The van der Waals surface area contributed by atoms with Gasteiger partial charge < -0.3 is 10.5 Å². The van der Waals surface area contributed by atoms with Crippen LogP contribution in [-0.4, -0.2) is 24.5 Å². The molecule has 1 heterocycles. The zero-order chi connectivity index (χ0) is 11.3. The van der Waals surface area contributed by atoms with Crippen LogP contribution in [0.15, 0.2) is 18.3 Å². The number of nitrogen functional groups attached to an aromatic ring is 1. The highest BCUT2D eigenvalue weighted by molar-refractivity contribution is 6.00. The second-order valence-corrected chi connectivity index (χ2v) is 3.49. The second-order valence-electron chi connectivity index (χ2n) is 3.49. The van der Waals surface area contributed by atoms with Crippen LogP contribution in [0, 0.1) is 5.92 Å². The third kappa shape index (κ3) is 3.02. The van der Waals surface area contributed by atoms with E-state index >= 15 is 0 Å². The van der Waals surface area contributed by atoms with Crippen LogP contribution in [0.25, 0.3) is 0 Å². The van der Waals surface area contributed by atoms with Crippen LogP contribution in [0.4, 0.5) is 5.69 Å². The average molecular weight is 208 g/mol. The molecule has 0 spiro atoms. The highest BCUT2D eigenvalue weighted by Gasteiger charge is 2.18. The first-order chi connectivity index (χ1) is 7.16. The Kier molecular flexibility index (Phi) is 4.24. The maximum atomic E-state index is 11.9. The number of pyridine rings is 1. The average Bonchev–Trinajstić information content (AvgIpc) is 2.25. The molecule has 0 bridgehead atoms. The lowest BCUT2D eigenvalue weighted by Crippen LogP contribution is -2.16. The monoisotopic (exact) mass is 208 g/mol. The maximum Gasteiger partial charge on any atom is 0.186 e. The van der Waals surface area contributed by atoms with Gasteiger partial charge in [-0.05, 0) is 18.6 Å². The Bertz CT molecular complexity index is 339. The number of nitrogens with two attached hydrogens (primary N) is 1. The minimum absolute atomic E-state index is 0.0230. The lowest BCUT2D eigenvalue weighted by atomic mass is 9.99. The first-order valence-electron chi connectivity index (χ1n) is 4.90. The first kappa shape index (κ1) is 11.7. The predicted molar refractivity (Wildman–Crippen MR) is 58.6 cm³/mol. The van der Waals surface area contributed by atoms with E-state index in [9.17, 15) is 4.79 Å². The van der Waals surface area contributed by atoms with Gasteiger partial charge in [-0.2, -0.15) is 0 Å². The van der Waals surface area contributed by atoms with Crippen LogP contribution in [-0.2, 0) is 4.74 Å². The third-order valence-electron chi connectivity index (χ3n) is 2.27. The molecule has 1 atom stereocenters. The summed E-state index contributed by atoms with van der Waals surface area (Å²) < 4.78 is 4.92. The van der Waals surface area contributed by atoms with Crippen molar-refractivity contribution < 1.29 is 9.53 Å². The van der Waals surface area contributed by atoms with Crippen LogP contribution in [0.1, 0.15) is 23.8 Å². The van der Waals surface area contributed by atoms with E-state index in [4.69, 9.17) is 10.5 Å². The zero-order valence-corrected chi connectivity index (χ0v) is 9.06. The number of aromatic nitrogens is 1. The summed E-state index contributed by atoms with van der Waals surface area (Å²) in [6.07, 6.45) is 2.26. The number of rotatable bonds is 5. The normalized spacial score (nSPS) is 12.4. The Morgan fingerprint density at radius 3 is 3.00 bits per heavy atom. The van der Waals surface area contributed by atoms with Crippen molar-refractivity contribution in [1.29, 1.82) is 0 Å². The van der Waals surface area contributed by atoms with Crippen molar-refractivity contribution >= 4 is 11.5 Å². The summed E-state index contributed by atoms with van der Waals surface area (Å²) in [6, 6.07) is 3.40. The van der Waals surface area contributed by atoms with Gasteiger partial charge in [0.15, 0.2) is 5.78 Å². The van der Waals surface area contributed by atoms with E-state index in [1.165, 1.54) is 0 Å². The minimum atomic E-state index is -0.109. The van der Waals surface area contributed by atoms with Crippen molar-refractivity contribution in [2.24, 2.45) is 5.92 Å². The minimum Gasteiger partial charge on any atom is -0.397 e. The molecule has 82 valence electrons. The van der Waals surface area contributed by atoms with Gasteiger partial charge >= 0.3 is 0 Å². The van der Waals surface area contributed by atoms with Crippen molar-refractivity contribution in [1.82, 2.24) is 4.98 Å². The molecule has 2 N–H and O–H groups in total. The van der Waals surface area contributed by atoms with E-state index < -0.39 is 0 Å². The van der Waals surface area contributed by atoms with Crippen molar-refractivity contribution in [3.05, 3.63) is 24.0 Å². The Morgan fingerprint density at radius 2 is 2.40 bits per heavy atom. The van der Waals surface area contributed by atoms with Gasteiger partial charge in [0, 0.05) is 25.8 Å². The standard InChI is InChI=1S/C11H16N2O2/c1-8(5-7-15-2)11(14)10-9(12)4-3-6-13-10/h3-4,6,8H,5,7,12H2,1-2H3. The van der Waals surface area contributed by atoms with Gasteiger partial charge in [-0.1, -0.05) is 6.92 Å². The van der Waals surface area contributed by atoms with E-state index in [-0.39, 0.29) is 11.7 Å². The molecule has 4 heteroatoms. The molecule has 0 amide bonds. The fourth-order valence-electron chi connectivity index (χ4n) is 1.28. The number of ether oxygens (including phenoxy) is 1. The predicted octanol–water partition coefficient (Wildman–Crippen LogP) is 1.52. The summed E-state index contributed by atoms with van der Waals surface area (Å²) in [5.74, 6) is -0.132. The molecule has 0 aliphatic heterocycles. The molecule has 1 unspecified atom stereocenters. The summed E-state index contributed by atoms with van der Waals surface area (Å²) in [4.78, 5) is 15.9. The Hall–Kier alpha value is -1.42. The molecule has 0 saturated heterocycles. The molecule has 1 aromatic rings. The highest BCUT2D eigenvalue weighted by atomic mass is 16.5. The van der Waals surface area contributed by atoms with Gasteiger partial charge in [0.1, 0.15) is 5.69 Å². The van der Waals surface area contributed by atoms with Crippen LogP contribution >= 0.6 is 0 Å². The van der Waals surface area contributed by atoms with E-state index in [0.29, 0.717) is 24.4 Å². The summed E-state index contributed by atoms with van der Waals surface area (Å²) >= 11 is 0. The molecular formula is C11H16N2O2. The maximum absolute atomic E-state index is 11.9. The SMILES string of the molecule is COCCC(C)C(=O)c1ncccc1N. The van der Waals surface area contributed by atoms with E-state index in [0.717, 1.165) is 0 Å². The van der Waals surface area contributed by atoms with Crippen LogP contribution < -0.4 is 5.73 Å². The second kappa shape index (κ2) is 5.46. The number of carbonyl (C=O) groups is 1. The number of Topliss-reactive ketones (excluding diaryl/α,β-unsaturated/α-hetero) is 1. The lowest BCUT2D eigenvalue weighted by molar-refractivity contribution is 0.0889. The van der Waals surface area contributed by atoms with Crippen molar-refractivity contribution in [2.75, 3.05) is 19.5 Å². The van der Waals surface area contributed by atoms with Crippen molar-refractivity contribution in [3.8, 4) is 0 Å². The molecule has 15 heavy (non-hydrogen) atoms. The Balaban J connectivity index is 2.72. The molecular weight excluding hydrogens is 192 g/mol. The van der Waals surface area contributed by atoms with Gasteiger partial charge in [0.2, 0.25) is 0 Å². The molecule has 0 aliphatic carbocycles. The zero-order valence-electron chi connectivity index (χ0n) is 9.06. The van der Waals surface area contributed by atoms with E-state index in [1.54, 1.807) is 25.4 Å². The fraction of sp³-hybridized carbons (Fsp3) is 0.455. The number of methoxy groups -OCH3 is 1. The number of hydrogen-bond donors (Lipinski definition) is 1. The summed E-state index contributed by atoms with van der Waals surface area (Å²) in [6.45, 7) is 2.43. The summed E-state index contributed by atoms with van der Waals surface area (Å²) in [5, 5.41) is 0.